The van der Waals surface area contributed by atoms with E-state index < -0.39 is 5.91 Å². The number of amides is 3. The number of primary amides is 1. The molecule has 1 saturated heterocycles. The summed E-state index contributed by atoms with van der Waals surface area (Å²) in [4.78, 5) is 44.8. The first-order valence-electron chi connectivity index (χ1n) is 8.03. The van der Waals surface area contributed by atoms with Crippen molar-refractivity contribution in [1.29, 1.82) is 0 Å². The Morgan fingerprint density at radius 2 is 2.12 bits per heavy atom. The Balaban J connectivity index is 2.04. The van der Waals surface area contributed by atoms with Crippen molar-refractivity contribution in [3.63, 3.8) is 0 Å². The Hall–Kier alpha value is -2.51. The fraction of sp³-hybridized carbons (Fsp3) is 0.562. The van der Waals surface area contributed by atoms with Gasteiger partial charge in [0, 0.05) is 31.3 Å². The highest BCUT2D eigenvalue weighted by Crippen LogP contribution is 2.30. The summed E-state index contributed by atoms with van der Waals surface area (Å²) in [6.07, 6.45) is 2.44. The molecule has 1 aliphatic rings. The van der Waals surface area contributed by atoms with Crippen LogP contribution in [-0.2, 0) is 20.8 Å². The van der Waals surface area contributed by atoms with Gasteiger partial charge in [-0.25, -0.2) is 9.97 Å². The monoisotopic (exact) mass is 333 g/mol. The fourth-order valence-electron chi connectivity index (χ4n) is 2.86. The van der Waals surface area contributed by atoms with Gasteiger partial charge in [0.1, 0.15) is 0 Å². The van der Waals surface area contributed by atoms with E-state index in [1.807, 2.05) is 13.0 Å². The van der Waals surface area contributed by atoms with Crippen molar-refractivity contribution in [3.05, 3.63) is 23.3 Å². The molecule has 1 aromatic rings. The van der Waals surface area contributed by atoms with E-state index in [2.05, 4.69) is 15.3 Å². The molecule has 1 unspecified atom stereocenters. The van der Waals surface area contributed by atoms with Crippen molar-refractivity contribution in [3.8, 4) is 0 Å². The fourth-order valence-corrected chi connectivity index (χ4v) is 2.86. The molecule has 0 radical (unpaired) electrons. The van der Waals surface area contributed by atoms with E-state index in [1.165, 1.54) is 0 Å². The standard InChI is InChI=1S/C16H23N5O3/c1-10-8-12(5-6-15(24)18-9-14(17)23)20-16(19-10)13-4-3-7-21(13)11(2)22/h8,13H,3-7,9H2,1-2H3,(H2,17,23)(H,18,24). The first-order valence-corrected chi connectivity index (χ1v) is 8.03. The molecule has 130 valence electrons. The van der Waals surface area contributed by atoms with Crippen LogP contribution in [0.4, 0.5) is 0 Å². The third-order valence-electron chi connectivity index (χ3n) is 3.95. The second-order valence-electron chi connectivity index (χ2n) is 5.97. The highest BCUT2D eigenvalue weighted by molar-refractivity contribution is 5.83. The van der Waals surface area contributed by atoms with Gasteiger partial charge in [-0.2, -0.15) is 0 Å². The maximum Gasteiger partial charge on any atom is 0.236 e. The molecule has 1 fully saturated rings. The van der Waals surface area contributed by atoms with E-state index in [9.17, 15) is 14.4 Å². The van der Waals surface area contributed by atoms with Gasteiger partial charge in [-0.15, -0.1) is 0 Å². The Labute approximate surface area is 140 Å². The summed E-state index contributed by atoms with van der Waals surface area (Å²) in [5.74, 6) is -0.169. The smallest absolute Gasteiger partial charge is 0.236 e. The molecule has 2 heterocycles. The number of hydrogen-bond acceptors (Lipinski definition) is 5. The zero-order chi connectivity index (χ0) is 17.7. The average Bonchev–Trinajstić information content (AvgIpc) is 3.00. The molecule has 24 heavy (non-hydrogen) atoms. The Morgan fingerprint density at radius 1 is 1.38 bits per heavy atom. The van der Waals surface area contributed by atoms with Crippen molar-refractivity contribution < 1.29 is 14.4 Å². The summed E-state index contributed by atoms with van der Waals surface area (Å²) in [5, 5.41) is 2.45. The zero-order valence-electron chi connectivity index (χ0n) is 14.0. The van der Waals surface area contributed by atoms with Gasteiger partial charge in [0.25, 0.3) is 0 Å². The van der Waals surface area contributed by atoms with Gasteiger partial charge in [0.15, 0.2) is 5.82 Å². The third kappa shape index (κ3) is 4.74. The summed E-state index contributed by atoms with van der Waals surface area (Å²) in [7, 11) is 0. The maximum absolute atomic E-state index is 11.7. The van der Waals surface area contributed by atoms with E-state index in [1.54, 1.807) is 11.8 Å². The molecule has 0 saturated carbocycles. The molecule has 3 N–H and O–H groups in total. The number of carbonyl (C=O) groups excluding carboxylic acids is 3. The number of carbonyl (C=O) groups is 3. The minimum absolute atomic E-state index is 0.0231. The largest absolute Gasteiger partial charge is 0.368 e. The molecule has 0 aromatic carbocycles. The minimum Gasteiger partial charge on any atom is -0.368 e. The number of aryl methyl sites for hydroxylation is 2. The van der Waals surface area contributed by atoms with E-state index in [0.717, 1.165) is 30.8 Å². The van der Waals surface area contributed by atoms with Crippen LogP contribution in [0.5, 0.6) is 0 Å². The van der Waals surface area contributed by atoms with Gasteiger partial charge in [-0.3, -0.25) is 14.4 Å². The Bertz CT molecular complexity index is 647. The first-order chi connectivity index (χ1) is 11.4. The summed E-state index contributed by atoms with van der Waals surface area (Å²) < 4.78 is 0. The molecule has 1 aromatic heterocycles. The summed E-state index contributed by atoms with van der Waals surface area (Å²) in [6, 6.07) is 1.74. The lowest BCUT2D eigenvalue weighted by Gasteiger charge is -2.22. The lowest BCUT2D eigenvalue weighted by Crippen LogP contribution is -2.33. The third-order valence-corrected chi connectivity index (χ3v) is 3.95. The Morgan fingerprint density at radius 3 is 2.79 bits per heavy atom. The van der Waals surface area contributed by atoms with Crippen LogP contribution in [0.3, 0.4) is 0 Å². The number of rotatable bonds is 6. The lowest BCUT2D eigenvalue weighted by atomic mass is 10.1. The van der Waals surface area contributed by atoms with Gasteiger partial charge in [0.2, 0.25) is 17.7 Å². The van der Waals surface area contributed by atoms with Crippen LogP contribution in [0.1, 0.15) is 49.4 Å². The molecule has 1 atom stereocenters. The number of hydrogen-bond donors (Lipinski definition) is 2. The summed E-state index contributed by atoms with van der Waals surface area (Å²) in [6.45, 7) is 3.98. The van der Waals surface area contributed by atoms with Gasteiger partial charge < -0.3 is 16.0 Å². The van der Waals surface area contributed by atoms with Crippen molar-refractivity contribution in [1.82, 2.24) is 20.2 Å². The SMILES string of the molecule is CC(=O)N1CCCC1c1nc(C)cc(CCC(=O)NCC(N)=O)n1. The highest BCUT2D eigenvalue weighted by atomic mass is 16.2. The predicted octanol–water partition coefficient (Wildman–Crippen LogP) is 0.00252. The van der Waals surface area contributed by atoms with Crippen molar-refractivity contribution in [2.75, 3.05) is 13.1 Å². The van der Waals surface area contributed by atoms with Gasteiger partial charge in [-0.1, -0.05) is 0 Å². The number of likely N-dealkylation sites (tertiary alicyclic amines) is 1. The topological polar surface area (TPSA) is 118 Å². The molecule has 3 amide bonds. The second-order valence-corrected chi connectivity index (χ2v) is 5.97. The van der Waals surface area contributed by atoms with Crippen molar-refractivity contribution in [2.24, 2.45) is 5.73 Å². The van der Waals surface area contributed by atoms with Crippen LogP contribution < -0.4 is 11.1 Å². The lowest BCUT2D eigenvalue weighted by molar-refractivity contribution is -0.129. The first kappa shape index (κ1) is 17.8. The van der Waals surface area contributed by atoms with E-state index in [0.29, 0.717) is 12.2 Å². The molecular formula is C16H23N5O3. The quantitative estimate of drug-likeness (QED) is 0.760. The predicted molar refractivity (Wildman–Crippen MR) is 86.7 cm³/mol. The number of aromatic nitrogens is 2. The summed E-state index contributed by atoms with van der Waals surface area (Å²) >= 11 is 0. The molecule has 8 nitrogen and oxygen atoms in total. The average molecular weight is 333 g/mol. The molecule has 8 heteroatoms. The molecule has 2 rings (SSSR count). The van der Waals surface area contributed by atoms with E-state index >= 15 is 0 Å². The molecule has 0 aliphatic carbocycles. The van der Waals surface area contributed by atoms with Crippen LogP contribution in [0.2, 0.25) is 0 Å². The molecule has 1 aliphatic heterocycles. The minimum atomic E-state index is -0.575. The van der Waals surface area contributed by atoms with Gasteiger partial charge in [0.05, 0.1) is 12.6 Å². The molecule has 0 spiro atoms. The van der Waals surface area contributed by atoms with Crippen LogP contribution >= 0.6 is 0 Å². The number of nitrogens with one attached hydrogen (secondary N) is 1. The molecular weight excluding hydrogens is 310 g/mol. The van der Waals surface area contributed by atoms with E-state index in [4.69, 9.17) is 5.73 Å². The van der Waals surface area contributed by atoms with Gasteiger partial charge >= 0.3 is 0 Å². The van der Waals surface area contributed by atoms with Crippen LogP contribution in [0.25, 0.3) is 0 Å². The maximum atomic E-state index is 11.7. The Kier molecular flexibility index (Phi) is 5.83. The molecule has 0 bridgehead atoms. The number of nitrogens with zero attached hydrogens (tertiary/aromatic N) is 3. The number of nitrogens with two attached hydrogens (primary N) is 1. The van der Waals surface area contributed by atoms with Crippen LogP contribution in [-0.4, -0.2) is 45.7 Å². The second kappa shape index (κ2) is 7.85. The van der Waals surface area contributed by atoms with Crippen LogP contribution in [0, 0.1) is 6.92 Å². The van der Waals surface area contributed by atoms with Gasteiger partial charge in [-0.05, 0) is 32.3 Å². The van der Waals surface area contributed by atoms with Crippen LogP contribution in [0.15, 0.2) is 6.07 Å². The van der Waals surface area contributed by atoms with E-state index in [-0.39, 0.29) is 30.8 Å². The zero-order valence-corrected chi connectivity index (χ0v) is 14.0. The van der Waals surface area contributed by atoms with Crippen molar-refractivity contribution >= 4 is 17.7 Å². The normalized spacial score (nSPS) is 16.9. The summed E-state index contributed by atoms with van der Waals surface area (Å²) in [5.41, 5.74) is 6.55. The highest BCUT2D eigenvalue weighted by Gasteiger charge is 2.30. The van der Waals surface area contributed by atoms with Crippen molar-refractivity contribution in [2.45, 2.75) is 45.6 Å².